The lowest BCUT2D eigenvalue weighted by Gasteiger charge is -2.24. The standard InChI is InChI=1S/C31H28F4N4O/c1-20(31(33,34)35)15-28(39(2)25-10-6-7-22(16-25)18-36)30(40)38-27-17-24(13-14-26(27)32)29(37-19-21-11-12-21)23-8-4-3-5-9-23/h3-10,13-17,21,29,37H,1,11-12,19H2,2H3,(H,38,40)/b28-15-. The van der Waals surface area contributed by atoms with Gasteiger partial charge in [-0.25, -0.2) is 4.39 Å². The van der Waals surface area contributed by atoms with E-state index < -0.39 is 29.2 Å². The number of halogens is 4. The number of likely N-dealkylation sites (N-methyl/N-ethyl adjacent to an activating group) is 1. The van der Waals surface area contributed by atoms with Gasteiger partial charge in [-0.2, -0.15) is 18.4 Å². The van der Waals surface area contributed by atoms with E-state index in [1.54, 1.807) is 12.1 Å². The van der Waals surface area contributed by atoms with Gasteiger partial charge >= 0.3 is 6.18 Å². The average Bonchev–Trinajstić information content (AvgIpc) is 3.77. The number of nitrogens with zero attached hydrogens (tertiary/aromatic N) is 2. The number of benzene rings is 3. The predicted octanol–water partition coefficient (Wildman–Crippen LogP) is 6.86. The Labute approximate surface area is 230 Å². The molecule has 3 aromatic carbocycles. The van der Waals surface area contributed by atoms with E-state index in [4.69, 9.17) is 0 Å². The Kier molecular flexibility index (Phi) is 8.70. The Bertz CT molecular complexity index is 1460. The van der Waals surface area contributed by atoms with Crippen LogP contribution in [-0.4, -0.2) is 25.7 Å². The van der Waals surface area contributed by atoms with Crippen LogP contribution in [0.5, 0.6) is 0 Å². The number of nitriles is 1. The number of carbonyl (C=O) groups excluding carboxylic acids is 1. The van der Waals surface area contributed by atoms with Gasteiger partial charge in [0.1, 0.15) is 11.5 Å². The van der Waals surface area contributed by atoms with Gasteiger partial charge in [-0.3, -0.25) is 4.79 Å². The molecule has 5 nitrogen and oxygen atoms in total. The largest absolute Gasteiger partial charge is 0.415 e. The van der Waals surface area contributed by atoms with E-state index in [9.17, 15) is 27.6 Å². The molecular formula is C31H28F4N4O. The summed E-state index contributed by atoms with van der Waals surface area (Å²) in [5, 5.41) is 15.2. The molecule has 206 valence electrons. The number of alkyl halides is 3. The molecule has 1 saturated carbocycles. The second-order valence-corrected chi connectivity index (χ2v) is 9.66. The summed E-state index contributed by atoms with van der Waals surface area (Å²) < 4.78 is 55.1. The van der Waals surface area contributed by atoms with Crippen LogP contribution in [0.2, 0.25) is 0 Å². The Balaban J connectivity index is 1.67. The zero-order valence-corrected chi connectivity index (χ0v) is 21.8. The number of rotatable bonds is 10. The Hall–Kier alpha value is -4.42. The van der Waals surface area contributed by atoms with Crippen molar-refractivity contribution in [3.05, 3.63) is 119 Å². The van der Waals surface area contributed by atoms with Crippen molar-refractivity contribution in [1.29, 1.82) is 5.26 Å². The fraction of sp³-hybridized carbons (Fsp3) is 0.226. The third-order valence-electron chi connectivity index (χ3n) is 6.64. The Morgan fingerprint density at radius 2 is 1.82 bits per heavy atom. The van der Waals surface area contributed by atoms with Gasteiger partial charge in [0.15, 0.2) is 0 Å². The molecule has 1 fully saturated rings. The molecule has 9 heteroatoms. The van der Waals surface area contributed by atoms with Crippen molar-refractivity contribution in [3.8, 4) is 6.07 Å². The maximum Gasteiger partial charge on any atom is 0.415 e. The molecule has 1 amide bonds. The summed E-state index contributed by atoms with van der Waals surface area (Å²) in [5.74, 6) is -1.14. The van der Waals surface area contributed by atoms with E-state index in [0.29, 0.717) is 17.6 Å². The highest BCUT2D eigenvalue weighted by Crippen LogP contribution is 2.32. The minimum Gasteiger partial charge on any atom is -0.340 e. The van der Waals surface area contributed by atoms with Gasteiger partial charge in [-0.15, -0.1) is 0 Å². The summed E-state index contributed by atoms with van der Waals surface area (Å²) in [7, 11) is 1.38. The number of amides is 1. The lowest BCUT2D eigenvalue weighted by Crippen LogP contribution is -2.29. The second-order valence-electron chi connectivity index (χ2n) is 9.66. The number of hydrogen-bond acceptors (Lipinski definition) is 4. The normalized spacial score (nSPS) is 14.2. The molecule has 2 N–H and O–H groups in total. The highest BCUT2D eigenvalue weighted by molar-refractivity contribution is 6.06. The van der Waals surface area contributed by atoms with Crippen LogP contribution in [0.4, 0.5) is 28.9 Å². The van der Waals surface area contributed by atoms with E-state index in [-0.39, 0.29) is 23.0 Å². The van der Waals surface area contributed by atoms with Gasteiger partial charge in [0.2, 0.25) is 0 Å². The number of allylic oxidation sites excluding steroid dienone is 2. The molecule has 0 aromatic heterocycles. The summed E-state index contributed by atoms with van der Waals surface area (Å²) in [5.41, 5.74) is 0.299. The number of hydrogen-bond donors (Lipinski definition) is 2. The quantitative estimate of drug-likeness (QED) is 0.165. The van der Waals surface area contributed by atoms with Crippen LogP contribution >= 0.6 is 0 Å². The van der Waals surface area contributed by atoms with Crippen LogP contribution in [0, 0.1) is 23.1 Å². The van der Waals surface area contributed by atoms with Gasteiger partial charge in [0.25, 0.3) is 5.91 Å². The van der Waals surface area contributed by atoms with Crippen molar-refractivity contribution in [2.45, 2.75) is 25.1 Å². The molecule has 1 atom stereocenters. The molecular weight excluding hydrogens is 520 g/mol. The fourth-order valence-corrected chi connectivity index (χ4v) is 4.17. The van der Waals surface area contributed by atoms with Crippen molar-refractivity contribution in [3.63, 3.8) is 0 Å². The minimum absolute atomic E-state index is 0.181. The molecule has 0 bridgehead atoms. The maximum absolute atomic E-state index is 15.0. The van der Waals surface area contributed by atoms with Crippen molar-refractivity contribution in [1.82, 2.24) is 5.32 Å². The first-order valence-corrected chi connectivity index (χ1v) is 12.7. The van der Waals surface area contributed by atoms with Crippen molar-refractivity contribution in [2.75, 3.05) is 23.8 Å². The summed E-state index contributed by atoms with van der Waals surface area (Å²) in [4.78, 5) is 14.6. The van der Waals surface area contributed by atoms with Gasteiger partial charge in [-0.05, 0) is 72.8 Å². The monoisotopic (exact) mass is 548 g/mol. The summed E-state index contributed by atoms with van der Waals surface area (Å²) in [6.07, 6.45) is -1.91. The Morgan fingerprint density at radius 3 is 2.48 bits per heavy atom. The average molecular weight is 549 g/mol. The van der Waals surface area contributed by atoms with Crippen LogP contribution in [0.25, 0.3) is 0 Å². The zero-order chi connectivity index (χ0) is 28.9. The summed E-state index contributed by atoms with van der Waals surface area (Å²) in [6.45, 7) is 3.83. The van der Waals surface area contributed by atoms with Crippen LogP contribution in [-0.2, 0) is 4.79 Å². The van der Waals surface area contributed by atoms with E-state index in [1.807, 2.05) is 36.4 Å². The van der Waals surface area contributed by atoms with Crippen LogP contribution < -0.4 is 15.5 Å². The Morgan fingerprint density at radius 1 is 1.10 bits per heavy atom. The van der Waals surface area contributed by atoms with E-state index in [1.165, 1.54) is 42.3 Å². The van der Waals surface area contributed by atoms with Crippen molar-refractivity contribution in [2.24, 2.45) is 5.92 Å². The molecule has 0 saturated heterocycles. The highest BCUT2D eigenvalue weighted by atomic mass is 19.4. The topological polar surface area (TPSA) is 68.2 Å². The van der Waals surface area contributed by atoms with Crippen molar-refractivity contribution >= 4 is 17.3 Å². The van der Waals surface area contributed by atoms with Gasteiger partial charge < -0.3 is 15.5 Å². The van der Waals surface area contributed by atoms with E-state index in [2.05, 4.69) is 17.2 Å². The lowest BCUT2D eigenvalue weighted by atomic mass is 9.97. The highest BCUT2D eigenvalue weighted by Gasteiger charge is 2.32. The third kappa shape index (κ3) is 7.16. The summed E-state index contributed by atoms with van der Waals surface area (Å²) >= 11 is 0. The molecule has 40 heavy (non-hydrogen) atoms. The smallest absolute Gasteiger partial charge is 0.340 e. The molecule has 1 unspecified atom stereocenters. The van der Waals surface area contributed by atoms with Crippen LogP contribution in [0.1, 0.15) is 35.6 Å². The molecule has 4 rings (SSSR count). The summed E-state index contributed by atoms with van der Waals surface area (Å²) in [6, 6.07) is 21.6. The van der Waals surface area contributed by atoms with Gasteiger partial charge in [0, 0.05) is 12.7 Å². The number of anilines is 2. The first-order chi connectivity index (χ1) is 19.1. The molecule has 1 aliphatic carbocycles. The van der Waals surface area contributed by atoms with Crippen LogP contribution in [0.3, 0.4) is 0 Å². The first kappa shape index (κ1) is 28.6. The van der Waals surface area contributed by atoms with E-state index >= 15 is 0 Å². The van der Waals surface area contributed by atoms with Gasteiger partial charge in [-0.1, -0.05) is 49.0 Å². The molecule has 0 heterocycles. The molecule has 0 spiro atoms. The SMILES string of the molecule is C=C(/C=C(/C(=O)Nc1cc(C(NCC2CC2)c2ccccc2)ccc1F)N(C)c1cccc(C#N)c1)C(F)(F)F. The maximum atomic E-state index is 15.0. The number of nitrogens with one attached hydrogen (secondary N) is 2. The molecule has 3 aromatic rings. The number of carbonyl (C=O) groups is 1. The first-order valence-electron chi connectivity index (χ1n) is 12.7. The third-order valence-corrected chi connectivity index (χ3v) is 6.64. The van der Waals surface area contributed by atoms with Crippen LogP contribution in [0.15, 0.2) is 96.7 Å². The van der Waals surface area contributed by atoms with Crippen molar-refractivity contribution < 1.29 is 22.4 Å². The molecule has 0 radical (unpaired) electrons. The van der Waals surface area contributed by atoms with E-state index in [0.717, 1.165) is 24.9 Å². The zero-order valence-electron chi connectivity index (χ0n) is 21.8. The minimum atomic E-state index is -4.79. The molecule has 1 aliphatic rings. The van der Waals surface area contributed by atoms with Gasteiger partial charge in [0.05, 0.1) is 28.9 Å². The second kappa shape index (κ2) is 12.2. The fourth-order valence-electron chi connectivity index (χ4n) is 4.17. The predicted molar refractivity (Wildman–Crippen MR) is 147 cm³/mol. The molecule has 0 aliphatic heterocycles. The lowest BCUT2D eigenvalue weighted by molar-refractivity contribution is -0.113.